The molecular weight excluding hydrogens is 450 g/mol. The third-order valence-corrected chi connectivity index (χ3v) is 4.73. The van der Waals surface area contributed by atoms with E-state index in [1.54, 1.807) is 0 Å². The van der Waals surface area contributed by atoms with Gasteiger partial charge in [0.2, 0.25) is 11.8 Å². The van der Waals surface area contributed by atoms with Crippen molar-refractivity contribution in [1.82, 2.24) is 15.6 Å². The van der Waals surface area contributed by atoms with E-state index in [-0.39, 0.29) is 43.2 Å². The molecule has 0 saturated carbocycles. The molecule has 2 aliphatic rings. The molecule has 0 spiro atoms. The topological polar surface area (TPSA) is 104 Å². The average molecular weight is 472 g/mol. The van der Waals surface area contributed by atoms with Crippen LogP contribution in [0.4, 0.5) is 32.2 Å². The normalized spacial score (nSPS) is 19.8. The third kappa shape index (κ3) is 6.87. The lowest BCUT2D eigenvalue weighted by molar-refractivity contribution is -0.192. The summed E-state index contributed by atoms with van der Waals surface area (Å²) in [7, 11) is 1.37. The molecular formula is C18H22F6N4O4. The fourth-order valence-electron chi connectivity index (χ4n) is 3.16. The van der Waals surface area contributed by atoms with Gasteiger partial charge in [-0.05, 0) is 25.5 Å². The van der Waals surface area contributed by atoms with Crippen molar-refractivity contribution >= 4 is 17.7 Å². The number of rotatable bonds is 5. The van der Waals surface area contributed by atoms with Crippen molar-refractivity contribution in [2.75, 3.05) is 31.6 Å². The van der Waals surface area contributed by atoms with Gasteiger partial charge in [-0.3, -0.25) is 4.79 Å². The predicted octanol–water partition coefficient (Wildman–Crippen LogP) is 2.08. The predicted molar refractivity (Wildman–Crippen MR) is 99.1 cm³/mol. The Kier molecular flexibility index (Phi) is 8.15. The monoisotopic (exact) mass is 472 g/mol. The number of methoxy groups -OCH3 is 1. The molecule has 2 fully saturated rings. The van der Waals surface area contributed by atoms with E-state index in [9.17, 15) is 31.1 Å². The van der Waals surface area contributed by atoms with Crippen molar-refractivity contribution < 1.29 is 45.8 Å². The van der Waals surface area contributed by atoms with Gasteiger partial charge in [0.1, 0.15) is 0 Å². The maximum absolute atomic E-state index is 14.4. The number of alkyl halides is 5. The van der Waals surface area contributed by atoms with Crippen molar-refractivity contribution in [2.45, 2.75) is 43.9 Å². The highest BCUT2D eigenvalue weighted by molar-refractivity contribution is 5.82. The molecule has 3 N–H and O–H groups in total. The van der Waals surface area contributed by atoms with Gasteiger partial charge < -0.3 is 25.4 Å². The number of aliphatic carboxylic acids is 1. The van der Waals surface area contributed by atoms with Gasteiger partial charge in [-0.15, -0.1) is 0 Å². The molecule has 32 heavy (non-hydrogen) atoms. The Labute approximate surface area is 178 Å². The Bertz CT molecular complexity index is 830. The fraction of sp³-hybridized carbons (Fsp3) is 0.611. The van der Waals surface area contributed by atoms with Crippen LogP contribution >= 0.6 is 0 Å². The number of carboxylic acids is 1. The minimum absolute atomic E-state index is 0.0313. The second kappa shape index (κ2) is 10.2. The number of anilines is 1. The summed E-state index contributed by atoms with van der Waals surface area (Å²) in [6.07, 6.45) is -3.72. The molecule has 0 aliphatic carbocycles. The van der Waals surface area contributed by atoms with Crippen molar-refractivity contribution in [1.29, 1.82) is 0 Å². The zero-order chi connectivity index (χ0) is 24.1. The molecule has 2 saturated heterocycles. The number of hydrogen-bond acceptors (Lipinski definition) is 6. The van der Waals surface area contributed by atoms with E-state index < -0.39 is 30.4 Å². The van der Waals surface area contributed by atoms with Gasteiger partial charge in [0.25, 0.3) is 5.92 Å². The number of halogens is 6. The van der Waals surface area contributed by atoms with Gasteiger partial charge in [-0.1, -0.05) is 0 Å². The van der Waals surface area contributed by atoms with Gasteiger partial charge in [-0.2, -0.15) is 18.2 Å². The molecule has 1 amide bonds. The van der Waals surface area contributed by atoms with Gasteiger partial charge in [0, 0.05) is 25.1 Å². The number of aromatic nitrogens is 1. The fourth-order valence-corrected chi connectivity index (χ4v) is 3.16. The van der Waals surface area contributed by atoms with Crippen molar-refractivity contribution in [3.8, 4) is 5.88 Å². The quantitative estimate of drug-likeness (QED) is 0.564. The number of carbonyl (C=O) groups is 2. The first-order chi connectivity index (χ1) is 14.8. The Hall–Kier alpha value is -2.77. The molecule has 1 atom stereocenters. The van der Waals surface area contributed by atoms with Crippen LogP contribution in [0.25, 0.3) is 0 Å². The van der Waals surface area contributed by atoms with Crippen molar-refractivity contribution in [2.24, 2.45) is 0 Å². The molecule has 2 aliphatic heterocycles. The van der Waals surface area contributed by atoms with Crippen molar-refractivity contribution in [3.05, 3.63) is 17.4 Å². The van der Waals surface area contributed by atoms with E-state index in [2.05, 4.69) is 15.6 Å². The van der Waals surface area contributed by atoms with E-state index in [1.807, 2.05) is 0 Å². The highest BCUT2D eigenvalue weighted by Gasteiger charge is 2.40. The number of carboxylic acid groups (broad SMARTS) is 1. The van der Waals surface area contributed by atoms with Crippen LogP contribution in [0.3, 0.4) is 0 Å². The lowest BCUT2D eigenvalue weighted by atomic mass is 10.2. The molecule has 14 heteroatoms. The summed E-state index contributed by atoms with van der Waals surface area (Å²) in [5.74, 6) is -6.51. The number of ether oxygens (including phenoxy) is 1. The highest BCUT2D eigenvalue weighted by atomic mass is 19.4. The van der Waals surface area contributed by atoms with E-state index in [0.29, 0.717) is 5.56 Å². The highest BCUT2D eigenvalue weighted by Crippen LogP contribution is 2.33. The summed E-state index contributed by atoms with van der Waals surface area (Å²) in [4.78, 5) is 26.2. The van der Waals surface area contributed by atoms with Gasteiger partial charge in [0.05, 0.1) is 19.7 Å². The van der Waals surface area contributed by atoms with E-state index >= 15 is 0 Å². The number of nitrogens with zero attached hydrogens (tertiary/aromatic N) is 2. The lowest BCUT2D eigenvalue weighted by Gasteiger charge is -2.20. The molecule has 1 aromatic heterocycles. The zero-order valence-corrected chi connectivity index (χ0v) is 16.9. The van der Waals surface area contributed by atoms with E-state index in [4.69, 9.17) is 14.6 Å². The maximum atomic E-state index is 14.4. The molecule has 0 aromatic carbocycles. The average Bonchev–Trinajstić information content (AvgIpc) is 3.35. The molecule has 0 bridgehead atoms. The standard InChI is InChI=1S/C16H21F3N4O2.C2HF3O2/c1-25-15-10(8-21-14(24)12-3-2-5-20-12)7-11(17)13(22-15)23-6-4-16(18,19)9-23;3-2(4,5)1(6)7/h7,12,20H,2-6,8-9H2,1H3,(H,21,24);(H,6,7). The first-order valence-corrected chi connectivity index (χ1v) is 9.51. The lowest BCUT2D eigenvalue weighted by Crippen LogP contribution is -2.40. The number of carbonyl (C=O) groups excluding carboxylic acids is 1. The SMILES string of the molecule is COc1nc(N2CCC(F)(F)C2)c(F)cc1CNC(=O)C1CCCN1.O=C(O)C(F)(F)F. The molecule has 1 unspecified atom stereocenters. The first kappa shape index (κ1) is 25.5. The summed E-state index contributed by atoms with van der Waals surface area (Å²) in [6, 6.07) is 0.940. The summed E-state index contributed by atoms with van der Waals surface area (Å²) >= 11 is 0. The van der Waals surface area contributed by atoms with Crippen molar-refractivity contribution in [3.63, 3.8) is 0 Å². The molecule has 3 heterocycles. The van der Waals surface area contributed by atoms with Gasteiger partial charge >= 0.3 is 12.1 Å². The summed E-state index contributed by atoms with van der Waals surface area (Å²) < 4.78 is 78.0. The van der Waals surface area contributed by atoms with Crippen LogP contribution in [0.5, 0.6) is 5.88 Å². The van der Waals surface area contributed by atoms with E-state index in [0.717, 1.165) is 19.4 Å². The number of nitrogens with one attached hydrogen (secondary N) is 2. The molecule has 3 rings (SSSR count). The van der Waals surface area contributed by atoms with Crippen LogP contribution in [0.15, 0.2) is 6.07 Å². The Morgan fingerprint density at radius 1 is 1.41 bits per heavy atom. The smallest absolute Gasteiger partial charge is 0.481 e. The Balaban J connectivity index is 0.000000451. The summed E-state index contributed by atoms with van der Waals surface area (Å²) in [5.41, 5.74) is 0.362. The van der Waals surface area contributed by atoms with Crippen LogP contribution in [0.1, 0.15) is 24.8 Å². The number of amides is 1. The minimum atomic E-state index is -5.08. The minimum Gasteiger partial charge on any atom is -0.481 e. The second-order valence-corrected chi connectivity index (χ2v) is 7.16. The first-order valence-electron chi connectivity index (χ1n) is 9.51. The van der Waals surface area contributed by atoms with E-state index in [1.165, 1.54) is 18.1 Å². The summed E-state index contributed by atoms with van der Waals surface area (Å²) in [5, 5.41) is 12.9. The van der Waals surface area contributed by atoms with Crippen LogP contribution in [0.2, 0.25) is 0 Å². The molecule has 1 aromatic rings. The van der Waals surface area contributed by atoms with Gasteiger partial charge in [-0.25, -0.2) is 18.0 Å². The maximum Gasteiger partial charge on any atom is 0.490 e. The van der Waals surface area contributed by atoms with Crippen LogP contribution in [-0.4, -0.2) is 66.9 Å². The molecule has 180 valence electrons. The Morgan fingerprint density at radius 2 is 2.06 bits per heavy atom. The van der Waals surface area contributed by atoms with Crippen LogP contribution < -0.4 is 20.3 Å². The number of pyridine rings is 1. The van der Waals surface area contributed by atoms with Crippen LogP contribution in [-0.2, 0) is 16.1 Å². The molecule has 8 nitrogen and oxygen atoms in total. The second-order valence-electron chi connectivity index (χ2n) is 7.16. The molecule has 0 radical (unpaired) electrons. The van der Waals surface area contributed by atoms with Gasteiger partial charge in [0.15, 0.2) is 11.6 Å². The Morgan fingerprint density at radius 3 is 2.53 bits per heavy atom. The van der Waals surface area contributed by atoms with Crippen LogP contribution in [0, 0.1) is 5.82 Å². The third-order valence-electron chi connectivity index (χ3n) is 4.73. The summed E-state index contributed by atoms with van der Waals surface area (Å²) in [6.45, 7) is 0.320. The zero-order valence-electron chi connectivity index (χ0n) is 16.9. The largest absolute Gasteiger partial charge is 0.490 e. The number of hydrogen-bond donors (Lipinski definition) is 3.